The number of carboxylic acid groups (broad SMARTS) is 1. The highest BCUT2D eigenvalue weighted by Gasteiger charge is 2.18. The lowest BCUT2D eigenvalue weighted by atomic mass is 10.1. The molecule has 104 valence electrons. The van der Waals surface area contributed by atoms with Gasteiger partial charge >= 0.3 is 5.97 Å². The highest BCUT2D eigenvalue weighted by atomic mass is 35.5. The Hall–Kier alpha value is -1.85. The van der Waals surface area contributed by atoms with Crippen molar-refractivity contribution in [2.24, 2.45) is 0 Å². The topological polar surface area (TPSA) is 76.2 Å². The number of carboxylic acids is 1. The summed E-state index contributed by atoms with van der Waals surface area (Å²) in [4.78, 5) is 14.9. The molecule has 0 radical (unpaired) electrons. The van der Waals surface area contributed by atoms with Crippen LogP contribution in [0.1, 0.15) is 16.1 Å². The summed E-state index contributed by atoms with van der Waals surface area (Å²) in [5, 5.41) is 9.11. The van der Waals surface area contributed by atoms with E-state index in [1.165, 1.54) is 25.1 Å². The molecule has 0 aliphatic heterocycles. The number of aromatic carboxylic acids is 1. The van der Waals surface area contributed by atoms with E-state index in [1.54, 1.807) is 0 Å². The van der Waals surface area contributed by atoms with Gasteiger partial charge in [0.25, 0.3) is 0 Å². The van der Waals surface area contributed by atoms with E-state index < -0.39 is 17.5 Å². The third kappa shape index (κ3) is 2.42. The molecule has 0 spiro atoms. The van der Waals surface area contributed by atoms with Crippen LogP contribution in [0, 0.1) is 12.7 Å². The van der Waals surface area contributed by atoms with Gasteiger partial charge in [0.1, 0.15) is 5.82 Å². The Bertz CT molecular complexity index is 720. The van der Waals surface area contributed by atoms with Gasteiger partial charge in [-0.3, -0.25) is 0 Å². The third-order valence-electron chi connectivity index (χ3n) is 2.78. The summed E-state index contributed by atoms with van der Waals surface area (Å²) < 4.78 is 14.2. The smallest absolute Gasteiger partial charge is 0.356 e. The molecular formula is C13H9Cl2FN2O2. The largest absolute Gasteiger partial charge is 0.476 e. The maximum Gasteiger partial charge on any atom is 0.356 e. The summed E-state index contributed by atoms with van der Waals surface area (Å²) in [6.07, 6.45) is 0. The van der Waals surface area contributed by atoms with Crippen LogP contribution in [-0.2, 0) is 0 Å². The van der Waals surface area contributed by atoms with Crippen LogP contribution in [0.5, 0.6) is 0 Å². The maximum absolute atomic E-state index is 14.2. The number of nitrogens with zero attached hydrogens (tertiary/aromatic N) is 1. The van der Waals surface area contributed by atoms with E-state index in [1.807, 2.05) is 0 Å². The highest BCUT2D eigenvalue weighted by molar-refractivity contribution is 6.35. The van der Waals surface area contributed by atoms with Crippen LogP contribution in [0.2, 0.25) is 10.0 Å². The highest BCUT2D eigenvalue weighted by Crippen LogP contribution is 2.32. The normalized spacial score (nSPS) is 10.6. The minimum atomic E-state index is -1.34. The molecule has 0 saturated carbocycles. The van der Waals surface area contributed by atoms with E-state index in [9.17, 15) is 9.18 Å². The van der Waals surface area contributed by atoms with E-state index in [0.717, 1.165) is 0 Å². The number of aromatic nitrogens is 1. The Morgan fingerprint density at radius 3 is 2.65 bits per heavy atom. The second-order valence-electron chi connectivity index (χ2n) is 4.10. The molecule has 0 aliphatic carbocycles. The lowest BCUT2D eigenvalue weighted by Gasteiger charge is -2.10. The number of hydrogen-bond acceptors (Lipinski definition) is 3. The quantitative estimate of drug-likeness (QED) is 0.884. The van der Waals surface area contributed by atoms with Crippen LogP contribution in [0.15, 0.2) is 18.2 Å². The summed E-state index contributed by atoms with van der Waals surface area (Å²) in [6.45, 7) is 1.51. The summed E-state index contributed by atoms with van der Waals surface area (Å²) in [5.41, 5.74) is 5.66. The molecule has 0 aliphatic rings. The average Bonchev–Trinajstić information content (AvgIpc) is 2.39. The Kier molecular flexibility index (Phi) is 3.83. The molecule has 3 N–H and O–H groups in total. The molecule has 0 amide bonds. The van der Waals surface area contributed by atoms with Gasteiger partial charge in [0.15, 0.2) is 5.69 Å². The van der Waals surface area contributed by atoms with Crippen molar-refractivity contribution in [1.29, 1.82) is 0 Å². The van der Waals surface area contributed by atoms with Gasteiger partial charge in [-0.15, -0.1) is 0 Å². The average molecular weight is 315 g/mol. The zero-order valence-electron chi connectivity index (χ0n) is 10.2. The van der Waals surface area contributed by atoms with Crippen molar-refractivity contribution in [3.8, 4) is 11.3 Å². The number of anilines is 1. The predicted octanol–water partition coefficient (Wildman–Crippen LogP) is 3.78. The van der Waals surface area contributed by atoms with Gasteiger partial charge in [0, 0.05) is 16.1 Å². The number of rotatable bonds is 2. The lowest BCUT2D eigenvalue weighted by Crippen LogP contribution is -2.06. The summed E-state index contributed by atoms with van der Waals surface area (Å²) >= 11 is 11.6. The maximum atomic E-state index is 14.2. The molecule has 1 aromatic carbocycles. The summed E-state index contributed by atoms with van der Waals surface area (Å²) in [5.74, 6) is -1.92. The fourth-order valence-electron chi connectivity index (χ4n) is 1.69. The number of benzene rings is 1. The van der Waals surface area contributed by atoms with Gasteiger partial charge < -0.3 is 10.8 Å². The SMILES string of the molecule is Cc1c(Cl)ccc(-c2cc(N)c(Cl)c(C(=O)O)n2)c1F. The molecule has 0 bridgehead atoms. The van der Waals surface area contributed by atoms with E-state index in [2.05, 4.69) is 4.98 Å². The Balaban J connectivity index is 2.71. The van der Waals surface area contributed by atoms with Gasteiger partial charge in [0.05, 0.1) is 16.4 Å². The number of carbonyl (C=O) groups is 1. The van der Waals surface area contributed by atoms with E-state index >= 15 is 0 Å². The molecule has 4 nitrogen and oxygen atoms in total. The molecule has 2 aromatic rings. The summed E-state index contributed by atoms with van der Waals surface area (Å²) in [6, 6.07) is 4.23. The number of hydrogen-bond donors (Lipinski definition) is 2. The zero-order chi connectivity index (χ0) is 15.0. The first-order chi connectivity index (χ1) is 9.32. The number of nitrogen functional groups attached to an aromatic ring is 1. The zero-order valence-corrected chi connectivity index (χ0v) is 11.8. The molecule has 2 rings (SSSR count). The molecule has 0 saturated heterocycles. The van der Waals surface area contributed by atoms with Crippen LogP contribution in [0.25, 0.3) is 11.3 Å². The van der Waals surface area contributed by atoms with Crippen molar-refractivity contribution in [1.82, 2.24) is 4.98 Å². The standard InChI is InChI=1S/C13H9Cl2FN2O2/c1-5-7(14)3-2-6(11(5)16)9-4-8(17)10(15)12(18-9)13(19)20/h2-4H,1H3,(H2,17,18)(H,19,20). The van der Waals surface area contributed by atoms with Crippen molar-refractivity contribution in [3.63, 3.8) is 0 Å². The molecule has 1 aromatic heterocycles. The van der Waals surface area contributed by atoms with Crippen LogP contribution in [-0.4, -0.2) is 16.1 Å². The second kappa shape index (κ2) is 5.26. The fourth-order valence-corrected chi connectivity index (χ4v) is 2.01. The van der Waals surface area contributed by atoms with Crippen LogP contribution in [0.3, 0.4) is 0 Å². The molecular weight excluding hydrogens is 306 g/mol. The predicted molar refractivity (Wildman–Crippen MR) is 75.8 cm³/mol. The fraction of sp³-hybridized carbons (Fsp3) is 0.0769. The number of pyridine rings is 1. The lowest BCUT2D eigenvalue weighted by molar-refractivity contribution is 0.0691. The number of nitrogens with two attached hydrogens (primary N) is 1. The Morgan fingerprint density at radius 2 is 2.05 bits per heavy atom. The van der Waals surface area contributed by atoms with Crippen molar-refractivity contribution in [2.45, 2.75) is 6.92 Å². The van der Waals surface area contributed by atoms with Gasteiger partial charge in [-0.05, 0) is 25.1 Å². The van der Waals surface area contributed by atoms with E-state index in [0.29, 0.717) is 0 Å². The second-order valence-corrected chi connectivity index (χ2v) is 4.88. The summed E-state index contributed by atoms with van der Waals surface area (Å²) in [7, 11) is 0. The first-order valence-electron chi connectivity index (χ1n) is 5.47. The van der Waals surface area contributed by atoms with Crippen molar-refractivity contribution in [2.75, 3.05) is 5.73 Å². The van der Waals surface area contributed by atoms with Crippen LogP contribution in [0.4, 0.5) is 10.1 Å². The minimum absolute atomic E-state index is 0.0149. The van der Waals surface area contributed by atoms with E-state index in [-0.39, 0.29) is 32.6 Å². The first-order valence-corrected chi connectivity index (χ1v) is 6.22. The van der Waals surface area contributed by atoms with Crippen molar-refractivity contribution >= 4 is 34.9 Å². The monoisotopic (exact) mass is 314 g/mol. The Labute approximate surface area is 124 Å². The molecule has 0 fully saturated rings. The first kappa shape index (κ1) is 14.6. The molecule has 0 unspecified atom stereocenters. The van der Waals surface area contributed by atoms with Crippen molar-refractivity contribution in [3.05, 3.63) is 45.3 Å². The van der Waals surface area contributed by atoms with Gasteiger partial charge in [0.2, 0.25) is 0 Å². The molecule has 7 heteroatoms. The number of halogens is 3. The third-order valence-corrected chi connectivity index (χ3v) is 3.59. The van der Waals surface area contributed by atoms with Gasteiger partial charge in [-0.25, -0.2) is 14.2 Å². The molecule has 0 atom stereocenters. The van der Waals surface area contributed by atoms with Gasteiger partial charge in [-0.2, -0.15) is 0 Å². The Morgan fingerprint density at radius 1 is 1.40 bits per heavy atom. The van der Waals surface area contributed by atoms with Crippen LogP contribution >= 0.6 is 23.2 Å². The molecule has 20 heavy (non-hydrogen) atoms. The van der Waals surface area contributed by atoms with Crippen LogP contribution < -0.4 is 5.73 Å². The van der Waals surface area contributed by atoms with E-state index in [4.69, 9.17) is 34.0 Å². The minimum Gasteiger partial charge on any atom is -0.476 e. The van der Waals surface area contributed by atoms with Crippen molar-refractivity contribution < 1.29 is 14.3 Å². The molecule has 1 heterocycles. The van der Waals surface area contributed by atoms with Gasteiger partial charge in [-0.1, -0.05) is 23.2 Å².